The summed E-state index contributed by atoms with van der Waals surface area (Å²) in [6.07, 6.45) is 9.93. The van der Waals surface area contributed by atoms with Crippen molar-refractivity contribution in [1.29, 1.82) is 0 Å². The van der Waals surface area contributed by atoms with Gasteiger partial charge in [0, 0.05) is 19.3 Å². The molecule has 11 nitrogen and oxygen atoms in total. The minimum absolute atomic E-state index is 0.172. The first kappa shape index (κ1) is 38.7. The van der Waals surface area contributed by atoms with Crippen molar-refractivity contribution in [2.24, 2.45) is 5.92 Å². The van der Waals surface area contributed by atoms with Crippen molar-refractivity contribution in [2.75, 3.05) is 0 Å². The van der Waals surface area contributed by atoms with Crippen LogP contribution in [0.3, 0.4) is 0 Å². The minimum atomic E-state index is -3.02. The Balaban J connectivity index is 2.02. The van der Waals surface area contributed by atoms with Gasteiger partial charge in [-0.1, -0.05) is 81.5 Å². The Morgan fingerprint density at radius 1 is 0.809 bits per heavy atom. The number of aliphatic carboxylic acids is 3. The molecule has 0 saturated carbocycles. The van der Waals surface area contributed by atoms with Gasteiger partial charge in [0.25, 0.3) is 0 Å². The van der Waals surface area contributed by atoms with E-state index in [2.05, 4.69) is 12.2 Å². The molecular formula is C36H47NO10. The van der Waals surface area contributed by atoms with Gasteiger partial charge >= 0.3 is 17.9 Å². The number of aliphatic hydroxyl groups is 1. The van der Waals surface area contributed by atoms with E-state index in [9.17, 15) is 44.4 Å². The topological polar surface area (TPSA) is 188 Å². The van der Waals surface area contributed by atoms with Crippen LogP contribution in [-0.4, -0.2) is 61.7 Å². The lowest BCUT2D eigenvalue weighted by atomic mass is 9.82. The van der Waals surface area contributed by atoms with Crippen LogP contribution in [0.2, 0.25) is 0 Å². The fraction of sp³-hybridized carbons (Fsp3) is 0.472. The molecule has 5 N–H and O–H groups in total. The zero-order valence-corrected chi connectivity index (χ0v) is 26.9. The van der Waals surface area contributed by atoms with Gasteiger partial charge in [-0.15, -0.1) is 0 Å². The van der Waals surface area contributed by atoms with E-state index >= 15 is 0 Å². The van der Waals surface area contributed by atoms with Gasteiger partial charge in [0.15, 0.2) is 5.60 Å². The second-order valence-electron chi connectivity index (χ2n) is 11.7. The monoisotopic (exact) mass is 653 g/mol. The zero-order valence-electron chi connectivity index (χ0n) is 26.9. The molecule has 0 heterocycles. The Kier molecular flexibility index (Phi) is 16.9. The van der Waals surface area contributed by atoms with Crippen molar-refractivity contribution in [3.8, 4) is 11.5 Å². The maximum Gasteiger partial charge on any atom is 0.337 e. The summed E-state index contributed by atoms with van der Waals surface area (Å²) in [4.78, 5) is 60.9. The van der Waals surface area contributed by atoms with E-state index in [1.165, 1.54) is 6.08 Å². The lowest BCUT2D eigenvalue weighted by Crippen LogP contribution is -2.55. The standard InChI is InChI=1S/C36H47NO10/c1-2-3-4-10-15-27(38)16-11-7-5-6-8-14-19-30(36(46,35(44)45)25-32(39)40)33(41)37-31(34(42)43)24-26-20-22-29(23-21-26)47-28-17-12-9-13-18-28/h9,12-14,17-23,30-31,46H,2-8,10-11,15-16,24-25H2,1H3,(H,37,41)(H,39,40)(H,42,43)(H,44,45)/b19-14+/t30-,31+,36+/m1/s1. The Bertz CT molecular complexity index is 1330. The number of rotatable bonds is 24. The average molecular weight is 654 g/mol. The SMILES string of the molecule is CCCCCCC(=O)CCCCCC/C=C/[C@H](C(=O)N[C@@H](Cc1ccc(Oc2ccccc2)cc1)C(=O)O)[C@@](O)(CC(=O)O)C(=O)O. The van der Waals surface area contributed by atoms with Gasteiger partial charge in [-0.3, -0.25) is 14.4 Å². The highest BCUT2D eigenvalue weighted by Crippen LogP contribution is 2.26. The van der Waals surface area contributed by atoms with Crippen LogP contribution in [0.5, 0.6) is 11.5 Å². The van der Waals surface area contributed by atoms with Crippen LogP contribution in [0, 0.1) is 5.92 Å². The molecule has 0 unspecified atom stereocenters. The van der Waals surface area contributed by atoms with Crippen LogP contribution in [0.4, 0.5) is 0 Å². The number of unbranched alkanes of at least 4 members (excludes halogenated alkanes) is 7. The maximum atomic E-state index is 13.3. The van der Waals surface area contributed by atoms with Crippen molar-refractivity contribution in [1.82, 2.24) is 5.32 Å². The Labute approximate surface area is 275 Å². The molecule has 0 saturated heterocycles. The molecule has 1 amide bonds. The van der Waals surface area contributed by atoms with E-state index in [0.717, 1.165) is 51.0 Å². The molecule has 3 atom stereocenters. The molecule has 2 aromatic rings. The number of Topliss-reactive ketones (excluding diaryl/α,β-unsaturated/α-hetero) is 1. The third-order valence-electron chi connectivity index (χ3n) is 7.76. The number of ether oxygens (including phenoxy) is 1. The summed E-state index contributed by atoms with van der Waals surface area (Å²) in [6.45, 7) is 2.12. The smallest absolute Gasteiger partial charge is 0.337 e. The highest BCUT2D eigenvalue weighted by Gasteiger charge is 2.49. The number of carbonyl (C=O) groups excluding carboxylic acids is 2. The molecule has 0 aliphatic heterocycles. The molecule has 0 aromatic heterocycles. The number of nitrogens with one attached hydrogen (secondary N) is 1. The highest BCUT2D eigenvalue weighted by atomic mass is 16.5. The van der Waals surface area contributed by atoms with Crippen LogP contribution < -0.4 is 10.1 Å². The predicted molar refractivity (Wildman–Crippen MR) is 175 cm³/mol. The molecule has 2 aromatic carbocycles. The summed E-state index contributed by atoms with van der Waals surface area (Å²) < 4.78 is 5.74. The van der Waals surface area contributed by atoms with E-state index < -0.39 is 47.8 Å². The molecule has 0 spiro atoms. The van der Waals surface area contributed by atoms with E-state index in [0.29, 0.717) is 42.7 Å². The van der Waals surface area contributed by atoms with Crippen LogP contribution in [-0.2, 0) is 30.4 Å². The fourth-order valence-corrected chi connectivity index (χ4v) is 5.07. The molecule has 0 radical (unpaired) electrons. The summed E-state index contributed by atoms with van der Waals surface area (Å²) in [5.74, 6) is -6.61. The number of carboxylic acid groups (broad SMARTS) is 3. The van der Waals surface area contributed by atoms with Gasteiger partial charge in [-0.2, -0.15) is 0 Å². The largest absolute Gasteiger partial charge is 0.481 e. The van der Waals surface area contributed by atoms with E-state index in [4.69, 9.17) is 4.74 Å². The van der Waals surface area contributed by atoms with Crippen LogP contribution >= 0.6 is 0 Å². The van der Waals surface area contributed by atoms with Crippen molar-refractivity contribution in [3.05, 3.63) is 72.3 Å². The van der Waals surface area contributed by atoms with Gasteiger partial charge < -0.3 is 30.5 Å². The van der Waals surface area contributed by atoms with E-state index in [-0.39, 0.29) is 12.2 Å². The Morgan fingerprint density at radius 2 is 1.40 bits per heavy atom. The van der Waals surface area contributed by atoms with Gasteiger partial charge in [0.2, 0.25) is 5.91 Å². The van der Waals surface area contributed by atoms with Gasteiger partial charge in [-0.25, -0.2) is 9.59 Å². The molecule has 0 fully saturated rings. The summed E-state index contributed by atoms with van der Waals surface area (Å²) in [5.41, 5.74) is -2.49. The summed E-state index contributed by atoms with van der Waals surface area (Å²) in [6, 6.07) is 14.1. The van der Waals surface area contributed by atoms with Crippen LogP contribution in [0.1, 0.15) is 89.5 Å². The number of benzene rings is 2. The van der Waals surface area contributed by atoms with Crippen LogP contribution in [0.25, 0.3) is 0 Å². The Hall–Kier alpha value is -4.51. The third kappa shape index (κ3) is 14.2. The molecule has 0 aliphatic carbocycles. The number of allylic oxidation sites excluding steroid dienone is 1. The maximum absolute atomic E-state index is 13.3. The van der Waals surface area contributed by atoms with Gasteiger partial charge in [0.1, 0.15) is 23.3 Å². The summed E-state index contributed by atoms with van der Waals surface area (Å²) >= 11 is 0. The summed E-state index contributed by atoms with van der Waals surface area (Å²) in [5, 5.41) is 42.1. The van der Waals surface area contributed by atoms with E-state index in [1.807, 2.05) is 18.2 Å². The molecule has 256 valence electrons. The second-order valence-corrected chi connectivity index (χ2v) is 11.7. The number of para-hydroxylation sites is 1. The molecule has 47 heavy (non-hydrogen) atoms. The van der Waals surface area contributed by atoms with Gasteiger partial charge in [0.05, 0.1) is 12.3 Å². The second kappa shape index (κ2) is 20.6. The number of carbonyl (C=O) groups is 5. The minimum Gasteiger partial charge on any atom is -0.481 e. The summed E-state index contributed by atoms with van der Waals surface area (Å²) in [7, 11) is 0. The fourth-order valence-electron chi connectivity index (χ4n) is 5.07. The number of amides is 1. The quantitative estimate of drug-likeness (QED) is 0.0671. The highest BCUT2D eigenvalue weighted by molar-refractivity contribution is 5.94. The predicted octanol–water partition coefficient (Wildman–Crippen LogP) is 5.93. The molecule has 2 rings (SSSR count). The molecular weight excluding hydrogens is 606 g/mol. The lowest BCUT2D eigenvalue weighted by Gasteiger charge is -2.29. The van der Waals surface area contributed by atoms with Crippen molar-refractivity contribution in [2.45, 2.75) is 102 Å². The normalized spacial score (nSPS) is 13.7. The third-order valence-corrected chi connectivity index (χ3v) is 7.76. The molecule has 0 bridgehead atoms. The number of carboxylic acids is 3. The van der Waals surface area contributed by atoms with Crippen molar-refractivity contribution >= 4 is 29.6 Å². The first-order valence-corrected chi connectivity index (χ1v) is 16.2. The number of hydrogen-bond acceptors (Lipinski definition) is 7. The number of ketones is 1. The van der Waals surface area contributed by atoms with E-state index in [1.54, 1.807) is 36.4 Å². The first-order chi connectivity index (χ1) is 22.5. The molecule has 0 aliphatic rings. The Morgan fingerprint density at radius 3 is 1.98 bits per heavy atom. The average Bonchev–Trinajstić information content (AvgIpc) is 3.02. The lowest BCUT2D eigenvalue weighted by molar-refractivity contribution is -0.172. The van der Waals surface area contributed by atoms with Crippen molar-refractivity contribution in [3.63, 3.8) is 0 Å². The first-order valence-electron chi connectivity index (χ1n) is 16.2. The van der Waals surface area contributed by atoms with Gasteiger partial charge in [-0.05, 0) is 55.5 Å². The number of hydrogen-bond donors (Lipinski definition) is 5. The zero-order chi connectivity index (χ0) is 34.7. The van der Waals surface area contributed by atoms with Crippen molar-refractivity contribution < 1.29 is 49.1 Å². The molecule has 11 heteroatoms. The van der Waals surface area contributed by atoms with Crippen LogP contribution in [0.15, 0.2) is 66.7 Å².